The van der Waals surface area contributed by atoms with E-state index in [-0.39, 0.29) is 23.5 Å². The Labute approximate surface area is 174 Å². The Bertz CT molecular complexity index is 956. The fraction of sp³-hybridized carbons (Fsp3) is 0.381. The number of rotatable bonds is 5. The van der Waals surface area contributed by atoms with E-state index in [0.717, 1.165) is 37.4 Å². The van der Waals surface area contributed by atoms with Crippen molar-refractivity contribution in [2.24, 2.45) is 0 Å². The molecular weight excluding hydrogens is 388 g/mol. The molecule has 0 saturated carbocycles. The Kier molecular flexibility index (Phi) is 5.71. The van der Waals surface area contributed by atoms with Gasteiger partial charge < -0.3 is 24.6 Å². The normalized spacial score (nSPS) is 16.2. The highest BCUT2D eigenvalue weighted by Gasteiger charge is 2.26. The third-order valence-corrected chi connectivity index (χ3v) is 5.38. The van der Waals surface area contributed by atoms with E-state index < -0.39 is 10.8 Å². The van der Waals surface area contributed by atoms with Gasteiger partial charge in [0.15, 0.2) is 11.5 Å². The number of carbonyl (C=O) groups is 1. The summed E-state index contributed by atoms with van der Waals surface area (Å²) in [6.45, 7) is 4.70. The molecule has 0 bridgehead atoms. The van der Waals surface area contributed by atoms with Gasteiger partial charge in [-0.05, 0) is 18.7 Å². The molecule has 1 saturated heterocycles. The summed E-state index contributed by atoms with van der Waals surface area (Å²) >= 11 is 0. The minimum absolute atomic E-state index is 0.0404. The van der Waals surface area contributed by atoms with Gasteiger partial charge in [-0.15, -0.1) is 0 Å². The van der Waals surface area contributed by atoms with E-state index in [9.17, 15) is 14.9 Å². The molecule has 0 spiro atoms. The standard InChI is InChI=1S/C21H24N4O5/c1-23-6-8-24(9-7-23)17-5-3-2-4-15(17)14-22-21(26)16-12-19-20(30-11-10-29-19)13-18(16)25(27)28/h2-5,12-13H,6-11,14H2,1H3,(H,22,26). The van der Waals surface area contributed by atoms with E-state index in [4.69, 9.17) is 9.47 Å². The van der Waals surface area contributed by atoms with Crippen molar-refractivity contribution in [3.05, 3.63) is 57.6 Å². The summed E-state index contributed by atoms with van der Waals surface area (Å²) in [7, 11) is 2.10. The first kappa shape index (κ1) is 20.0. The van der Waals surface area contributed by atoms with Crippen LogP contribution in [-0.2, 0) is 6.54 Å². The number of nitrogens with zero attached hydrogens (tertiary/aromatic N) is 3. The topological polar surface area (TPSA) is 97.2 Å². The van der Waals surface area contributed by atoms with Crippen molar-refractivity contribution in [3.63, 3.8) is 0 Å². The molecule has 1 amide bonds. The molecule has 1 fully saturated rings. The van der Waals surface area contributed by atoms with Crippen LogP contribution < -0.4 is 19.7 Å². The summed E-state index contributed by atoms with van der Waals surface area (Å²) in [6, 6.07) is 10.5. The Balaban J connectivity index is 1.53. The highest BCUT2D eigenvalue weighted by molar-refractivity contribution is 5.99. The van der Waals surface area contributed by atoms with Gasteiger partial charge in [-0.2, -0.15) is 0 Å². The number of carbonyl (C=O) groups excluding carboxylic acids is 1. The second kappa shape index (κ2) is 8.58. The highest BCUT2D eigenvalue weighted by Crippen LogP contribution is 2.36. The number of nitrogens with one attached hydrogen (secondary N) is 1. The number of para-hydroxylation sites is 1. The fourth-order valence-corrected chi connectivity index (χ4v) is 3.70. The lowest BCUT2D eigenvalue weighted by Gasteiger charge is -2.35. The van der Waals surface area contributed by atoms with Gasteiger partial charge in [-0.3, -0.25) is 14.9 Å². The lowest BCUT2D eigenvalue weighted by atomic mass is 10.1. The van der Waals surface area contributed by atoms with E-state index in [1.165, 1.54) is 12.1 Å². The number of ether oxygens (including phenoxy) is 2. The van der Waals surface area contributed by atoms with E-state index in [2.05, 4.69) is 22.2 Å². The molecule has 158 valence electrons. The molecule has 2 aromatic carbocycles. The number of hydrogen-bond acceptors (Lipinski definition) is 7. The fourth-order valence-electron chi connectivity index (χ4n) is 3.70. The lowest BCUT2D eigenvalue weighted by Crippen LogP contribution is -2.45. The van der Waals surface area contributed by atoms with Crippen LogP contribution in [0.2, 0.25) is 0 Å². The largest absolute Gasteiger partial charge is 0.486 e. The average molecular weight is 412 g/mol. The van der Waals surface area contributed by atoms with E-state index in [0.29, 0.717) is 19.0 Å². The number of amides is 1. The molecule has 2 heterocycles. The Morgan fingerprint density at radius 2 is 1.77 bits per heavy atom. The van der Waals surface area contributed by atoms with Crippen LogP contribution in [0.3, 0.4) is 0 Å². The zero-order valence-electron chi connectivity index (χ0n) is 16.8. The summed E-state index contributed by atoms with van der Waals surface area (Å²) in [5.74, 6) is 0.103. The molecule has 2 aliphatic heterocycles. The van der Waals surface area contributed by atoms with Gasteiger partial charge in [0.2, 0.25) is 0 Å². The zero-order valence-corrected chi connectivity index (χ0v) is 16.8. The van der Waals surface area contributed by atoms with Crippen LogP contribution in [0.15, 0.2) is 36.4 Å². The van der Waals surface area contributed by atoms with Gasteiger partial charge in [0.1, 0.15) is 18.8 Å². The van der Waals surface area contributed by atoms with Gasteiger partial charge in [0.25, 0.3) is 11.6 Å². The Morgan fingerprint density at radius 3 is 2.47 bits per heavy atom. The van der Waals surface area contributed by atoms with E-state index in [1.807, 2.05) is 24.3 Å². The van der Waals surface area contributed by atoms with Gasteiger partial charge >= 0.3 is 0 Å². The van der Waals surface area contributed by atoms with Crippen LogP contribution in [0.25, 0.3) is 0 Å². The molecule has 1 N–H and O–H groups in total. The van der Waals surface area contributed by atoms with Gasteiger partial charge in [-0.25, -0.2) is 0 Å². The number of hydrogen-bond donors (Lipinski definition) is 1. The predicted molar refractivity (Wildman–Crippen MR) is 111 cm³/mol. The van der Waals surface area contributed by atoms with E-state index in [1.54, 1.807) is 0 Å². The van der Waals surface area contributed by atoms with Crippen LogP contribution in [-0.4, -0.2) is 62.2 Å². The first-order valence-electron chi connectivity index (χ1n) is 9.90. The van der Waals surface area contributed by atoms with Crippen LogP contribution in [0, 0.1) is 10.1 Å². The molecule has 0 atom stereocenters. The Hall–Kier alpha value is -3.33. The molecule has 0 aliphatic carbocycles. The van der Waals surface area contributed by atoms with Gasteiger partial charge in [0.05, 0.1) is 11.0 Å². The molecule has 4 rings (SSSR count). The van der Waals surface area contributed by atoms with Gasteiger partial charge in [0, 0.05) is 44.5 Å². The van der Waals surface area contributed by atoms with Crippen molar-refractivity contribution in [2.45, 2.75) is 6.54 Å². The van der Waals surface area contributed by atoms with E-state index >= 15 is 0 Å². The number of nitro groups is 1. The molecular formula is C21H24N4O5. The number of nitro benzene ring substituents is 1. The first-order valence-corrected chi connectivity index (χ1v) is 9.90. The molecule has 9 heteroatoms. The van der Waals surface area contributed by atoms with Crippen LogP contribution in [0.5, 0.6) is 11.5 Å². The number of likely N-dealkylation sites (N-methyl/N-ethyl adjacent to an activating group) is 1. The maximum Gasteiger partial charge on any atom is 0.286 e. The molecule has 0 aromatic heterocycles. The van der Waals surface area contributed by atoms with Crippen molar-refractivity contribution in [1.82, 2.24) is 10.2 Å². The summed E-state index contributed by atoms with van der Waals surface area (Å²) in [4.78, 5) is 28.3. The van der Waals surface area contributed by atoms with Crippen molar-refractivity contribution >= 4 is 17.3 Å². The highest BCUT2D eigenvalue weighted by atomic mass is 16.6. The van der Waals surface area contributed by atoms with Crippen LogP contribution >= 0.6 is 0 Å². The summed E-state index contributed by atoms with van der Waals surface area (Å²) in [6.07, 6.45) is 0. The SMILES string of the molecule is CN1CCN(c2ccccc2CNC(=O)c2cc3c(cc2[N+](=O)[O-])OCCO3)CC1. The van der Waals surface area contributed by atoms with Gasteiger partial charge in [-0.1, -0.05) is 18.2 Å². The molecule has 0 unspecified atom stereocenters. The summed E-state index contributed by atoms with van der Waals surface area (Å²) < 4.78 is 10.9. The maximum atomic E-state index is 12.8. The minimum atomic E-state index is -0.578. The predicted octanol–water partition coefficient (Wildman–Crippen LogP) is 2.05. The van der Waals surface area contributed by atoms with Crippen molar-refractivity contribution in [2.75, 3.05) is 51.3 Å². The molecule has 9 nitrogen and oxygen atoms in total. The zero-order chi connectivity index (χ0) is 21.1. The number of piperazine rings is 1. The monoisotopic (exact) mass is 412 g/mol. The molecule has 0 radical (unpaired) electrons. The van der Waals surface area contributed by atoms with Crippen LogP contribution in [0.1, 0.15) is 15.9 Å². The van der Waals surface area contributed by atoms with Crippen molar-refractivity contribution in [3.8, 4) is 11.5 Å². The number of anilines is 1. The lowest BCUT2D eigenvalue weighted by molar-refractivity contribution is -0.385. The smallest absolute Gasteiger partial charge is 0.286 e. The molecule has 2 aromatic rings. The third kappa shape index (κ3) is 4.16. The number of fused-ring (bicyclic) bond motifs is 1. The Morgan fingerprint density at radius 1 is 1.10 bits per heavy atom. The summed E-state index contributed by atoms with van der Waals surface area (Å²) in [5.41, 5.74) is 1.70. The quantitative estimate of drug-likeness (QED) is 0.593. The van der Waals surface area contributed by atoms with Crippen LogP contribution in [0.4, 0.5) is 11.4 Å². The van der Waals surface area contributed by atoms with Crippen molar-refractivity contribution < 1.29 is 19.2 Å². The molecule has 2 aliphatic rings. The average Bonchev–Trinajstić information content (AvgIpc) is 2.77. The molecule has 30 heavy (non-hydrogen) atoms. The second-order valence-electron chi connectivity index (χ2n) is 7.37. The minimum Gasteiger partial charge on any atom is -0.486 e. The summed E-state index contributed by atoms with van der Waals surface area (Å²) in [5, 5.41) is 14.3. The second-order valence-corrected chi connectivity index (χ2v) is 7.37. The first-order chi connectivity index (χ1) is 14.5. The van der Waals surface area contributed by atoms with Crippen molar-refractivity contribution in [1.29, 1.82) is 0 Å². The maximum absolute atomic E-state index is 12.8. The third-order valence-electron chi connectivity index (χ3n) is 5.38. The number of benzene rings is 2.